The zero-order chi connectivity index (χ0) is 21.9. The summed E-state index contributed by atoms with van der Waals surface area (Å²) in [5.41, 5.74) is 1.24. The van der Waals surface area contributed by atoms with Crippen molar-refractivity contribution in [3.63, 3.8) is 0 Å². The van der Waals surface area contributed by atoms with Gasteiger partial charge in [0.25, 0.3) is 11.8 Å². The third-order valence-electron chi connectivity index (χ3n) is 4.33. The molecule has 2 aromatic carbocycles. The Morgan fingerprint density at radius 2 is 1.57 bits per heavy atom. The van der Waals surface area contributed by atoms with Crippen LogP contribution < -0.4 is 10.6 Å². The van der Waals surface area contributed by atoms with Gasteiger partial charge in [0.05, 0.1) is 6.54 Å². The second kappa shape index (κ2) is 11.4. The normalized spacial score (nSPS) is 11.1. The third-order valence-corrected chi connectivity index (χ3v) is 4.33. The molecule has 2 aromatic rings. The molecule has 0 aromatic heterocycles. The number of rotatable bonds is 9. The van der Waals surface area contributed by atoms with Gasteiger partial charge in [0.2, 0.25) is 5.91 Å². The second-order valence-corrected chi connectivity index (χ2v) is 6.61. The van der Waals surface area contributed by atoms with Crippen LogP contribution in [0.15, 0.2) is 60.7 Å². The van der Waals surface area contributed by atoms with Gasteiger partial charge in [0.1, 0.15) is 6.04 Å². The van der Waals surface area contributed by atoms with Gasteiger partial charge in [-0.3, -0.25) is 14.4 Å². The van der Waals surface area contributed by atoms with Gasteiger partial charge in [0, 0.05) is 26.1 Å². The summed E-state index contributed by atoms with van der Waals surface area (Å²) >= 11 is 0. The Morgan fingerprint density at radius 3 is 2.17 bits per heavy atom. The summed E-state index contributed by atoms with van der Waals surface area (Å²) < 4.78 is 5.13. The molecule has 0 aliphatic rings. The van der Waals surface area contributed by atoms with Crippen LogP contribution in [0.25, 0.3) is 0 Å². The van der Waals surface area contributed by atoms with Crippen LogP contribution in [0.1, 0.15) is 15.9 Å². The zero-order valence-electron chi connectivity index (χ0n) is 17.0. The lowest BCUT2D eigenvalue weighted by molar-refractivity contribution is -0.153. The van der Waals surface area contributed by atoms with E-state index in [2.05, 4.69) is 10.6 Å². The average Bonchev–Trinajstić information content (AvgIpc) is 2.77. The molecule has 2 rings (SSSR count). The summed E-state index contributed by atoms with van der Waals surface area (Å²) in [5, 5.41) is 5.08. The minimum Gasteiger partial charge on any atom is -0.454 e. The number of likely N-dealkylation sites (N-methyl/N-ethyl adjacent to an activating group) is 2. The number of esters is 1. The molecule has 0 heterocycles. The van der Waals surface area contributed by atoms with Crippen molar-refractivity contribution in [2.75, 3.05) is 27.2 Å². The highest BCUT2D eigenvalue weighted by Gasteiger charge is 2.25. The molecule has 0 aliphatic heterocycles. The average molecular weight is 411 g/mol. The second-order valence-electron chi connectivity index (χ2n) is 6.61. The highest BCUT2D eigenvalue weighted by Crippen LogP contribution is 2.07. The highest BCUT2D eigenvalue weighted by atomic mass is 16.5. The molecule has 0 saturated heterocycles. The summed E-state index contributed by atoms with van der Waals surface area (Å²) in [6.45, 7) is -0.677. The number of carbonyl (C=O) groups is 4. The first kappa shape index (κ1) is 22.6. The van der Waals surface area contributed by atoms with Gasteiger partial charge < -0.3 is 20.3 Å². The van der Waals surface area contributed by atoms with E-state index in [4.69, 9.17) is 4.74 Å². The van der Waals surface area contributed by atoms with E-state index in [1.54, 1.807) is 30.3 Å². The molecule has 0 unspecified atom stereocenters. The molecule has 0 radical (unpaired) electrons. The van der Waals surface area contributed by atoms with Crippen LogP contribution >= 0.6 is 0 Å². The number of amides is 3. The first-order chi connectivity index (χ1) is 14.4. The van der Waals surface area contributed by atoms with E-state index in [0.717, 1.165) is 10.5 Å². The summed E-state index contributed by atoms with van der Waals surface area (Å²) in [6, 6.07) is 16.7. The number of nitrogens with zero attached hydrogens (tertiary/aromatic N) is 1. The predicted octanol–water partition coefficient (Wildman–Crippen LogP) is 0.775. The predicted molar refractivity (Wildman–Crippen MR) is 111 cm³/mol. The van der Waals surface area contributed by atoms with Crippen molar-refractivity contribution < 1.29 is 23.9 Å². The van der Waals surface area contributed by atoms with Crippen LogP contribution in [0.5, 0.6) is 0 Å². The maximum Gasteiger partial charge on any atom is 0.329 e. The molecular weight excluding hydrogens is 386 g/mol. The number of ether oxygens (including phenoxy) is 1. The van der Waals surface area contributed by atoms with Crippen molar-refractivity contribution >= 4 is 23.7 Å². The Morgan fingerprint density at radius 1 is 0.967 bits per heavy atom. The first-order valence-electron chi connectivity index (χ1n) is 9.41. The minimum absolute atomic E-state index is 0.148. The number of nitrogens with one attached hydrogen (secondary N) is 2. The smallest absolute Gasteiger partial charge is 0.329 e. The molecule has 3 amide bonds. The monoisotopic (exact) mass is 411 g/mol. The van der Waals surface area contributed by atoms with Gasteiger partial charge in [0.15, 0.2) is 6.61 Å². The van der Waals surface area contributed by atoms with E-state index in [1.807, 2.05) is 30.3 Å². The van der Waals surface area contributed by atoms with Gasteiger partial charge in [-0.2, -0.15) is 0 Å². The number of hydrogen-bond acceptors (Lipinski definition) is 5. The van der Waals surface area contributed by atoms with Crippen molar-refractivity contribution in [1.29, 1.82) is 0 Å². The highest BCUT2D eigenvalue weighted by molar-refractivity contribution is 5.97. The molecule has 158 valence electrons. The van der Waals surface area contributed by atoms with E-state index >= 15 is 0 Å². The lowest BCUT2D eigenvalue weighted by Crippen LogP contribution is -2.45. The molecule has 0 fully saturated rings. The van der Waals surface area contributed by atoms with Crippen molar-refractivity contribution in [1.82, 2.24) is 15.5 Å². The molecule has 0 aliphatic carbocycles. The number of benzene rings is 2. The fourth-order valence-corrected chi connectivity index (χ4v) is 2.60. The minimum atomic E-state index is -0.975. The van der Waals surface area contributed by atoms with Gasteiger partial charge in [-0.05, 0) is 17.7 Å². The van der Waals surface area contributed by atoms with Crippen LogP contribution in [0.4, 0.5) is 0 Å². The maximum absolute atomic E-state index is 12.6. The topological polar surface area (TPSA) is 105 Å². The lowest BCUT2D eigenvalue weighted by Gasteiger charge is -2.20. The Balaban J connectivity index is 2.03. The number of hydrogen-bond donors (Lipinski definition) is 2. The van der Waals surface area contributed by atoms with Crippen molar-refractivity contribution in [3.05, 3.63) is 71.8 Å². The van der Waals surface area contributed by atoms with Crippen LogP contribution in [0, 0.1) is 0 Å². The number of carbonyl (C=O) groups excluding carboxylic acids is 4. The van der Waals surface area contributed by atoms with Crippen LogP contribution in [-0.4, -0.2) is 61.9 Å². The molecule has 8 nitrogen and oxygen atoms in total. The zero-order valence-corrected chi connectivity index (χ0v) is 17.0. The standard InChI is InChI=1S/C22H25N3O5/c1-23-19(26)14-25(2)20(27)15-30-22(29)18(13-16-9-5-3-6-10-16)24-21(28)17-11-7-4-8-12-17/h3-12,18H,13-15H2,1-2H3,(H,23,26)(H,24,28)/t18-/m0/s1. The summed E-state index contributed by atoms with van der Waals surface area (Å²) in [7, 11) is 2.90. The van der Waals surface area contributed by atoms with Crippen LogP contribution in [0.3, 0.4) is 0 Å². The van der Waals surface area contributed by atoms with Gasteiger partial charge >= 0.3 is 5.97 Å². The van der Waals surface area contributed by atoms with E-state index in [9.17, 15) is 19.2 Å². The van der Waals surface area contributed by atoms with Gasteiger partial charge in [-0.15, -0.1) is 0 Å². The molecule has 1 atom stereocenters. The first-order valence-corrected chi connectivity index (χ1v) is 9.41. The van der Waals surface area contributed by atoms with E-state index in [-0.39, 0.29) is 18.9 Å². The fourth-order valence-electron chi connectivity index (χ4n) is 2.60. The molecule has 0 bridgehead atoms. The van der Waals surface area contributed by atoms with Crippen molar-refractivity contribution in [3.8, 4) is 0 Å². The molecule has 2 N–H and O–H groups in total. The van der Waals surface area contributed by atoms with E-state index in [0.29, 0.717) is 5.56 Å². The van der Waals surface area contributed by atoms with Crippen molar-refractivity contribution in [2.45, 2.75) is 12.5 Å². The van der Waals surface area contributed by atoms with E-state index in [1.165, 1.54) is 14.1 Å². The van der Waals surface area contributed by atoms with Crippen LogP contribution in [0.2, 0.25) is 0 Å². The van der Waals surface area contributed by atoms with Crippen molar-refractivity contribution in [2.24, 2.45) is 0 Å². The van der Waals surface area contributed by atoms with Gasteiger partial charge in [-0.1, -0.05) is 48.5 Å². The molecule has 0 spiro atoms. The molecule has 8 heteroatoms. The summed E-state index contributed by atoms with van der Waals surface area (Å²) in [4.78, 5) is 49.8. The van der Waals surface area contributed by atoms with Crippen LogP contribution in [-0.2, 0) is 25.5 Å². The Kier molecular flexibility index (Phi) is 8.56. The SMILES string of the molecule is CNC(=O)CN(C)C(=O)COC(=O)[C@H](Cc1ccccc1)NC(=O)c1ccccc1. The quantitative estimate of drug-likeness (QED) is 0.593. The third kappa shape index (κ3) is 7.05. The summed E-state index contributed by atoms with van der Waals surface area (Å²) in [6.07, 6.45) is 0.209. The molecule has 0 saturated carbocycles. The van der Waals surface area contributed by atoms with E-state index < -0.39 is 30.4 Å². The molecular formula is C22H25N3O5. The van der Waals surface area contributed by atoms with Gasteiger partial charge in [-0.25, -0.2) is 4.79 Å². The summed E-state index contributed by atoms with van der Waals surface area (Å²) in [5.74, 6) is -2.02. The maximum atomic E-state index is 12.6. The fraction of sp³-hybridized carbons (Fsp3) is 0.273. The molecule has 30 heavy (non-hydrogen) atoms. The lowest BCUT2D eigenvalue weighted by atomic mass is 10.1. The largest absolute Gasteiger partial charge is 0.454 e. The Bertz CT molecular complexity index is 871. The Labute approximate surface area is 175 Å². The Hall–Kier alpha value is -3.68.